The summed E-state index contributed by atoms with van der Waals surface area (Å²) in [5.41, 5.74) is 0.611. The normalized spacial score (nSPS) is 44.5. The van der Waals surface area contributed by atoms with E-state index in [1.165, 1.54) is 64.7 Å². The summed E-state index contributed by atoms with van der Waals surface area (Å²) in [6, 6.07) is 0. The summed E-state index contributed by atoms with van der Waals surface area (Å²) in [6.45, 7) is 13.7. The Morgan fingerprint density at radius 1 is 1.00 bits per heavy atom. The smallest absolute Gasteiger partial charge is 0.303 e. The first-order valence-electron chi connectivity index (χ1n) is 13.8. The minimum absolute atomic E-state index is 0.110. The van der Waals surface area contributed by atoms with Crippen molar-refractivity contribution >= 4 is 11.8 Å². The van der Waals surface area contributed by atoms with Crippen LogP contribution in [0.4, 0.5) is 0 Å². The van der Waals surface area contributed by atoms with Gasteiger partial charge < -0.3 is 4.74 Å². The Bertz CT molecular complexity index is 713. The number of hydrogen-bond donors (Lipinski definition) is 0. The third-order valence-corrected chi connectivity index (χ3v) is 11.0. The topological polar surface area (TPSA) is 43.4 Å². The van der Waals surface area contributed by atoms with Crippen molar-refractivity contribution < 1.29 is 14.3 Å². The molecule has 0 unspecified atom stereocenters. The van der Waals surface area contributed by atoms with Gasteiger partial charge in [0.1, 0.15) is 0 Å². The number of hydrogen-bond acceptors (Lipinski definition) is 3. The van der Waals surface area contributed by atoms with E-state index in [9.17, 15) is 9.59 Å². The van der Waals surface area contributed by atoms with E-state index in [1.807, 2.05) is 0 Å². The van der Waals surface area contributed by atoms with E-state index in [0.717, 1.165) is 36.0 Å². The second-order valence-corrected chi connectivity index (χ2v) is 13.2. The lowest BCUT2D eigenvalue weighted by Crippen LogP contribution is -2.56. The quantitative estimate of drug-likeness (QED) is 0.406. The number of ether oxygens (including phenoxy) is 1. The van der Waals surface area contributed by atoms with Gasteiger partial charge in [0.05, 0.1) is 0 Å². The first-order valence-corrected chi connectivity index (χ1v) is 13.8. The van der Waals surface area contributed by atoms with Crippen molar-refractivity contribution in [1.29, 1.82) is 0 Å². The molecule has 4 saturated carbocycles. The van der Waals surface area contributed by atoms with E-state index in [-0.39, 0.29) is 17.2 Å². The minimum atomic E-state index is -0.487. The maximum Gasteiger partial charge on any atom is 0.303 e. The number of esters is 1. The highest BCUT2D eigenvalue weighted by Gasteiger charge is 2.61. The van der Waals surface area contributed by atoms with Crippen LogP contribution in [0.3, 0.4) is 0 Å². The Hall–Kier alpha value is -0.860. The zero-order valence-corrected chi connectivity index (χ0v) is 21.6. The summed E-state index contributed by atoms with van der Waals surface area (Å²) in [5, 5.41) is 0. The first kappa shape index (κ1) is 24.3. The molecular weight excluding hydrogens is 396 g/mol. The molecule has 0 spiro atoms. The standard InChI is InChI=1S/C29H48O3/c1-18(2)8-7-9-19(3)23-12-13-24-22-11-10-21-16-27(32-20(4)30)26(31)17-29(21,6)25(22)14-15-28(23,24)5/h18-19,21-25,27H,7-17H2,1-6H3/t19-,21+,22-,23-,24+,25+,27-,28+,29+/m1/s1. The lowest BCUT2D eigenvalue weighted by molar-refractivity contribution is -0.170. The van der Waals surface area contributed by atoms with Crippen molar-refractivity contribution in [1.82, 2.24) is 0 Å². The van der Waals surface area contributed by atoms with Crippen LogP contribution in [0.25, 0.3) is 0 Å². The van der Waals surface area contributed by atoms with Crippen LogP contribution in [0, 0.1) is 52.3 Å². The predicted molar refractivity (Wildman–Crippen MR) is 129 cm³/mol. The monoisotopic (exact) mass is 444 g/mol. The van der Waals surface area contributed by atoms with Crippen molar-refractivity contribution in [2.75, 3.05) is 0 Å². The average Bonchev–Trinajstić information content (AvgIpc) is 3.05. The molecule has 4 fully saturated rings. The number of Topliss-reactive ketones (excluding diaryl/α,β-unsaturated/α-hetero) is 1. The van der Waals surface area contributed by atoms with Gasteiger partial charge in [-0.1, -0.05) is 53.9 Å². The maximum atomic E-state index is 13.0. The molecule has 4 aliphatic rings. The molecule has 0 aromatic rings. The van der Waals surface area contributed by atoms with Crippen molar-refractivity contribution in [3.63, 3.8) is 0 Å². The summed E-state index contributed by atoms with van der Waals surface area (Å²) in [5.74, 6) is 5.25. The summed E-state index contributed by atoms with van der Waals surface area (Å²) < 4.78 is 5.42. The second-order valence-electron chi connectivity index (χ2n) is 13.2. The van der Waals surface area contributed by atoms with Gasteiger partial charge in [-0.25, -0.2) is 0 Å². The van der Waals surface area contributed by atoms with Crippen molar-refractivity contribution in [3.05, 3.63) is 0 Å². The van der Waals surface area contributed by atoms with E-state index in [0.29, 0.717) is 23.7 Å². The van der Waals surface area contributed by atoms with Gasteiger partial charge in [-0.2, -0.15) is 0 Å². The lowest BCUT2D eigenvalue weighted by atomic mass is 9.44. The van der Waals surface area contributed by atoms with Gasteiger partial charge in [0.2, 0.25) is 0 Å². The Morgan fingerprint density at radius 3 is 2.41 bits per heavy atom. The van der Waals surface area contributed by atoms with E-state index < -0.39 is 6.10 Å². The highest BCUT2D eigenvalue weighted by molar-refractivity contribution is 5.86. The fourth-order valence-electron chi connectivity index (χ4n) is 9.42. The average molecular weight is 445 g/mol. The van der Waals surface area contributed by atoms with E-state index in [1.54, 1.807) is 0 Å². The van der Waals surface area contributed by atoms with Gasteiger partial charge in [-0.3, -0.25) is 9.59 Å². The highest BCUT2D eigenvalue weighted by Crippen LogP contribution is 2.68. The molecule has 182 valence electrons. The molecule has 32 heavy (non-hydrogen) atoms. The third kappa shape index (κ3) is 4.20. The Balaban J connectivity index is 1.46. The number of rotatable bonds is 6. The van der Waals surface area contributed by atoms with Crippen LogP contribution in [-0.2, 0) is 14.3 Å². The summed E-state index contributed by atoms with van der Waals surface area (Å²) >= 11 is 0. The molecule has 9 atom stereocenters. The number of carbonyl (C=O) groups is 2. The molecule has 0 amide bonds. The lowest BCUT2D eigenvalue weighted by Gasteiger charge is -2.61. The van der Waals surface area contributed by atoms with Gasteiger partial charge in [0.15, 0.2) is 11.9 Å². The molecule has 0 aliphatic heterocycles. The van der Waals surface area contributed by atoms with Crippen molar-refractivity contribution in [3.8, 4) is 0 Å². The minimum Gasteiger partial charge on any atom is -0.455 e. The molecule has 0 bridgehead atoms. The summed E-state index contributed by atoms with van der Waals surface area (Å²) in [6.07, 6.45) is 13.0. The van der Waals surface area contributed by atoms with Gasteiger partial charge in [0.25, 0.3) is 0 Å². The first-order chi connectivity index (χ1) is 15.1. The molecule has 0 aromatic heterocycles. The largest absolute Gasteiger partial charge is 0.455 e. The molecule has 4 rings (SSSR count). The fourth-order valence-corrected chi connectivity index (χ4v) is 9.42. The SMILES string of the molecule is CC(=O)O[C@@H]1C[C@@H]2CC[C@H]3[C@H](CC[C@@]4(C)[C@@H]([C@H](C)CCCC(C)C)CC[C@@H]34)[C@@]2(C)CC1=O. The van der Waals surface area contributed by atoms with Crippen LogP contribution in [0.5, 0.6) is 0 Å². The van der Waals surface area contributed by atoms with Crippen LogP contribution < -0.4 is 0 Å². The zero-order chi connectivity index (χ0) is 23.3. The Kier molecular flexibility index (Phi) is 6.87. The highest BCUT2D eigenvalue weighted by atomic mass is 16.5. The molecule has 0 N–H and O–H groups in total. The molecule has 3 nitrogen and oxygen atoms in total. The van der Waals surface area contributed by atoms with Gasteiger partial charge in [0, 0.05) is 13.3 Å². The van der Waals surface area contributed by atoms with E-state index >= 15 is 0 Å². The van der Waals surface area contributed by atoms with E-state index in [4.69, 9.17) is 4.74 Å². The Labute approximate surface area is 196 Å². The molecule has 4 aliphatic carbocycles. The fraction of sp³-hybridized carbons (Fsp3) is 0.931. The second kappa shape index (κ2) is 9.06. The van der Waals surface area contributed by atoms with Crippen LogP contribution >= 0.6 is 0 Å². The number of fused-ring (bicyclic) bond motifs is 5. The van der Waals surface area contributed by atoms with Crippen LogP contribution in [0.1, 0.15) is 112 Å². The molecule has 0 heterocycles. The van der Waals surface area contributed by atoms with E-state index in [2.05, 4.69) is 34.6 Å². The van der Waals surface area contributed by atoms with Crippen LogP contribution in [0.2, 0.25) is 0 Å². The number of ketones is 1. The van der Waals surface area contributed by atoms with Gasteiger partial charge in [-0.15, -0.1) is 0 Å². The zero-order valence-electron chi connectivity index (χ0n) is 21.6. The van der Waals surface area contributed by atoms with Crippen molar-refractivity contribution in [2.24, 2.45) is 52.3 Å². The van der Waals surface area contributed by atoms with Crippen molar-refractivity contribution in [2.45, 2.75) is 118 Å². The van der Waals surface area contributed by atoms with Crippen LogP contribution in [0.15, 0.2) is 0 Å². The van der Waals surface area contributed by atoms with Crippen LogP contribution in [-0.4, -0.2) is 17.9 Å². The molecule has 0 radical (unpaired) electrons. The number of carbonyl (C=O) groups excluding carboxylic acids is 2. The summed E-state index contributed by atoms with van der Waals surface area (Å²) in [4.78, 5) is 24.5. The Morgan fingerprint density at radius 2 is 1.72 bits per heavy atom. The molecule has 0 saturated heterocycles. The van der Waals surface area contributed by atoms with Gasteiger partial charge in [-0.05, 0) is 97.2 Å². The summed E-state index contributed by atoms with van der Waals surface area (Å²) in [7, 11) is 0. The third-order valence-electron chi connectivity index (χ3n) is 11.0. The molecule has 0 aromatic carbocycles. The predicted octanol–water partition coefficient (Wildman–Crippen LogP) is 7.22. The maximum absolute atomic E-state index is 13.0. The molecular formula is C29H48O3. The van der Waals surface area contributed by atoms with Gasteiger partial charge >= 0.3 is 5.97 Å². The molecule has 3 heteroatoms.